The van der Waals surface area contributed by atoms with Crippen LogP contribution in [0.15, 0.2) is 0 Å². The topological polar surface area (TPSA) is 26.3 Å². The number of ether oxygens (including phenoxy) is 1. The van der Waals surface area contributed by atoms with Crippen molar-refractivity contribution in [3.8, 4) is 0 Å². The minimum atomic E-state index is -0.181. The summed E-state index contributed by atoms with van der Waals surface area (Å²) in [4.78, 5) is 10.3. The molecule has 0 saturated carbocycles. The average molecular weight is 116 g/mol. The normalized spacial score (nSPS) is 22.5. The van der Waals surface area contributed by atoms with E-state index in [9.17, 15) is 4.79 Å². The average Bonchev–Trinajstić information content (AvgIpc) is 1.63. The van der Waals surface area contributed by atoms with Crippen molar-refractivity contribution in [3.63, 3.8) is 0 Å². The van der Waals surface area contributed by atoms with Gasteiger partial charge in [0.1, 0.15) is 6.61 Å². The molecule has 0 N–H and O–H groups in total. The minimum absolute atomic E-state index is 0. The molecule has 1 fully saturated rings. The highest BCUT2D eigenvalue weighted by atomic mass is 16.6. The molecule has 1 saturated heterocycles. The Hall–Kier alpha value is -0.530. The molecule has 0 atom stereocenters. The Balaban J connectivity index is 0.000000490. The van der Waals surface area contributed by atoms with Crippen LogP contribution in [0.1, 0.15) is 21.3 Å². The Bertz CT molecular complexity index is 105. The molecule has 48 valence electrons. The number of esters is 1. The Morgan fingerprint density at radius 2 is 2.00 bits per heavy atom. The summed E-state index contributed by atoms with van der Waals surface area (Å²) < 4.78 is 4.51. The van der Waals surface area contributed by atoms with Gasteiger partial charge in [0.2, 0.25) is 0 Å². The van der Waals surface area contributed by atoms with Crippen LogP contribution < -0.4 is 0 Å². The summed E-state index contributed by atoms with van der Waals surface area (Å²) in [5.41, 5.74) is -0.181. The lowest BCUT2D eigenvalue weighted by atomic mass is 9.91. The molecule has 1 rings (SSSR count). The first-order valence-corrected chi connectivity index (χ1v) is 2.30. The van der Waals surface area contributed by atoms with Gasteiger partial charge in [0.05, 0.1) is 5.41 Å². The van der Waals surface area contributed by atoms with Crippen LogP contribution >= 0.6 is 0 Å². The van der Waals surface area contributed by atoms with Gasteiger partial charge < -0.3 is 4.74 Å². The highest BCUT2D eigenvalue weighted by Crippen LogP contribution is 2.26. The molecule has 1 aliphatic rings. The summed E-state index contributed by atoms with van der Waals surface area (Å²) in [6, 6.07) is 0. The minimum Gasteiger partial charge on any atom is -0.464 e. The van der Waals surface area contributed by atoms with Crippen LogP contribution in [0.5, 0.6) is 0 Å². The molecule has 0 aromatic heterocycles. The number of carbonyl (C=O) groups excluding carboxylic acids is 1. The molecule has 0 radical (unpaired) electrons. The first-order chi connectivity index (χ1) is 3.13. The molecule has 0 amide bonds. The van der Waals surface area contributed by atoms with E-state index >= 15 is 0 Å². The van der Waals surface area contributed by atoms with Gasteiger partial charge in [-0.05, 0) is 13.8 Å². The van der Waals surface area contributed by atoms with Gasteiger partial charge in [-0.1, -0.05) is 7.43 Å². The summed E-state index contributed by atoms with van der Waals surface area (Å²) in [5.74, 6) is -0.0764. The fourth-order valence-corrected chi connectivity index (χ4v) is 0.420. The number of hydrogen-bond acceptors (Lipinski definition) is 2. The molecule has 0 aliphatic carbocycles. The Labute approximate surface area is 49.8 Å². The van der Waals surface area contributed by atoms with Gasteiger partial charge >= 0.3 is 5.97 Å². The van der Waals surface area contributed by atoms with Crippen molar-refractivity contribution in [2.75, 3.05) is 6.61 Å². The van der Waals surface area contributed by atoms with Gasteiger partial charge in [0.25, 0.3) is 0 Å². The second-order valence-corrected chi connectivity index (χ2v) is 2.46. The quantitative estimate of drug-likeness (QED) is 0.444. The SMILES string of the molecule is C.CC1(C)COC1=O. The van der Waals surface area contributed by atoms with Crippen molar-refractivity contribution in [2.24, 2.45) is 5.41 Å². The van der Waals surface area contributed by atoms with E-state index in [1.54, 1.807) is 0 Å². The molecule has 1 heterocycles. The molecule has 1 aliphatic heterocycles. The van der Waals surface area contributed by atoms with Gasteiger partial charge in [-0.15, -0.1) is 0 Å². The zero-order chi connectivity index (χ0) is 5.49. The van der Waals surface area contributed by atoms with Crippen molar-refractivity contribution in [2.45, 2.75) is 21.3 Å². The predicted octanol–water partition coefficient (Wildman–Crippen LogP) is 1.21. The first kappa shape index (κ1) is 7.47. The van der Waals surface area contributed by atoms with Crippen molar-refractivity contribution in [3.05, 3.63) is 0 Å². The van der Waals surface area contributed by atoms with Crippen LogP contribution in [0.2, 0.25) is 0 Å². The zero-order valence-electron chi connectivity index (χ0n) is 4.52. The molecular formula is C6H12O2. The molecule has 0 aromatic rings. The first-order valence-electron chi connectivity index (χ1n) is 2.30. The molecule has 0 unspecified atom stereocenters. The van der Waals surface area contributed by atoms with Crippen LogP contribution in [0.3, 0.4) is 0 Å². The summed E-state index contributed by atoms with van der Waals surface area (Å²) in [7, 11) is 0. The van der Waals surface area contributed by atoms with E-state index in [-0.39, 0.29) is 18.8 Å². The van der Waals surface area contributed by atoms with Crippen LogP contribution in [0.25, 0.3) is 0 Å². The van der Waals surface area contributed by atoms with Crippen molar-refractivity contribution in [1.29, 1.82) is 0 Å². The highest BCUT2D eigenvalue weighted by molar-refractivity contribution is 5.80. The second kappa shape index (κ2) is 1.77. The number of rotatable bonds is 0. The summed E-state index contributed by atoms with van der Waals surface area (Å²) in [6.45, 7) is 4.34. The van der Waals surface area contributed by atoms with Gasteiger partial charge in [0, 0.05) is 0 Å². The van der Waals surface area contributed by atoms with Gasteiger partial charge in [0.15, 0.2) is 0 Å². The van der Waals surface area contributed by atoms with E-state index in [0.29, 0.717) is 6.61 Å². The third-order valence-electron chi connectivity index (χ3n) is 1.12. The maximum Gasteiger partial charge on any atom is 0.315 e. The lowest BCUT2D eigenvalue weighted by Crippen LogP contribution is -2.42. The fourth-order valence-electron chi connectivity index (χ4n) is 0.420. The van der Waals surface area contributed by atoms with E-state index in [1.165, 1.54) is 0 Å². The maximum absolute atomic E-state index is 10.3. The number of cyclic esters (lactones) is 1. The lowest BCUT2D eigenvalue weighted by Gasteiger charge is -2.31. The van der Waals surface area contributed by atoms with Crippen molar-refractivity contribution in [1.82, 2.24) is 0 Å². The molecular weight excluding hydrogens is 104 g/mol. The summed E-state index contributed by atoms with van der Waals surface area (Å²) in [6.07, 6.45) is 0. The van der Waals surface area contributed by atoms with E-state index in [0.717, 1.165) is 0 Å². The van der Waals surface area contributed by atoms with Crippen molar-refractivity contribution >= 4 is 5.97 Å². The van der Waals surface area contributed by atoms with Crippen LogP contribution in [0.4, 0.5) is 0 Å². The van der Waals surface area contributed by atoms with Crippen LogP contribution in [-0.4, -0.2) is 12.6 Å². The Morgan fingerprint density at radius 1 is 1.62 bits per heavy atom. The molecule has 0 bridgehead atoms. The molecule has 0 aromatic carbocycles. The van der Waals surface area contributed by atoms with E-state index in [1.807, 2.05) is 13.8 Å². The lowest BCUT2D eigenvalue weighted by molar-refractivity contribution is -0.180. The summed E-state index contributed by atoms with van der Waals surface area (Å²) in [5, 5.41) is 0. The predicted molar refractivity (Wildman–Crippen MR) is 31.5 cm³/mol. The van der Waals surface area contributed by atoms with E-state index < -0.39 is 0 Å². The van der Waals surface area contributed by atoms with Crippen molar-refractivity contribution < 1.29 is 9.53 Å². The van der Waals surface area contributed by atoms with Crippen LogP contribution in [-0.2, 0) is 9.53 Å². The third kappa shape index (κ3) is 0.831. The highest BCUT2D eigenvalue weighted by Gasteiger charge is 2.39. The standard InChI is InChI=1S/C5H8O2.CH4/c1-5(2)3-7-4(5)6;/h3H2,1-2H3;1H4. The Kier molecular flexibility index (Phi) is 1.65. The molecule has 8 heavy (non-hydrogen) atoms. The molecule has 2 heteroatoms. The largest absolute Gasteiger partial charge is 0.464 e. The fraction of sp³-hybridized carbons (Fsp3) is 0.833. The van der Waals surface area contributed by atoms with Crippen LogP contribution in [0, 0.1) is 5.41 Å². The smallest absolute Gasteiger partial charge is 0.315 e. The Morgan fingerprint density at radius 3 is 2.00 bits per heavy atom. The number of carbonyl (C=O) groups is 1. The van der Waals surface area contributed by atoms with Gasteiger partial charge in [-0.2, -0.15) is 0 Å². The third-order valence-corrected chi connectivity index (χ3v) is 1.12. The van der Waals surface area contributed by atoms with E-state index in [2.05, 4.69) is 4.74 Å². The van der Waals surface area contributed by atoms with E-state index in [4.69, 9.17) is 0 Å². The molecule has 0 spiro atoms. The second-order valence-electron chi connectivity index (χ2n) is 2.46. The zero-order valence-corrected chi connectivity index (χ0v) is 4.52. The van der Waals surface area contributed by atoms with Gasteiger partial charge in [-0.25, -0.2) is 0 Å². The number of hydrogen-bond donors (Lipinski definition) is 0. The monoisotopic (exact) mass is 116 g/mol. The summed E-state index contributed by atoms with van der Waals surface area (Å²) >= 11 is 0. The van der Waals surface area contributed by atoms with Gasteiger partial charge in [-0.3, -0.25) is 4.79 Å². The molecule has 2 nitrogen and oxygen atoms in total. The maximum atomic E-state index is 10.3.